The first kappa shape index (κ1) is 13.9. The average Bonchev–Trinajstić information content (AvgIpc) is 2.41. The number of halogens is 1. The summed E-state index contributed by atoms with van der Waals surface area (Å²) in [5, 5.41) is 18.1. The van der Waals surface area contributed by atoms with Gasteiger partial charge in [0.1, 0.15) is 11.6 Å². The molecule has 0 atom stereocenters. The summed E-state index contributed by atoms with van der Waals surface area (Å²) in [5.74, 6) is -1.41. The highest BCUT2D eigenvalue weighted by molar-refractivity contribution is 5.88. The first-order valence-electron chi connectivity index (χ1n) is 5.99. The molecule has 2 aromatic carbocycles. The molecule has 2 rings (SSSR count). The van der Waals surface area contributed by atoms with E-state index in [4.69, 9.17) is 5.11 Å². The highest BCUT2D eigenvalue weighted by atomic mass is 19.1. The monoisotopic (exact) mass is 275 g/mol. The number of hydrogen-bond donors (Lipinski definition) is 2. The van der Waals surface area contributed by atoms with Gasteiger partial charge in [0.05, 0.1) is 11.3 Å². The minimum atomic E-state index is -1.09. The molecule has 0 aliphatic carbocycles. The van der Waals surface area contributed by atoms with Crippen LogP contribution in [0.25, 0.3) is 0 Å². The summed E-state index contributed by atoms with van der Waals surface area (Å²) in [5.41, 5.74) is 1.14. The van der Waals surface area contributed by atoms with E-state index in [-0.39, 0.29) is 17.0 Å². The van der Waals surface area contributed by atoms with Crippen LogP contribution in [-0.4, -0.2) is 23.2 Å². The highest BCUT2D eigenvalue weighted by Gasteiger charge is 2.12. The highest BCUT2D eigenvalue weighted by Crippen LogP contribution is 2.22. The van der Waals surface area contributed by atoms with Crippen LogP contribution in [-0.2, 0) is 6.54 Å². The first-order valence-corrected chi connectivity index (χ1v) is 5.99. The molecule has 0 heterocycles. The van der Waals surface area contributed by atoms with Crippen LogP contribution in [0.4, 0.5) is 10.1 Å². The molecule has 0 fully saturated rings. The van der Waals surface area contributed by atoms with Crippen molar-refractivity contribution in [2.45, 2.75) is 6.54 Å². The molecule has 4 nitrogen and oxygen atoms in total. The van der Waals surface area contributed by atoms with Gasteiger partial charge in [0.15, 0.2) is 0 Å². The van der Waals surface area contributed by atoms with Gasteiger partial charge in [-0.25, -0.2) is 9.18 Å². The Morgan fingerprint density at radius 3 is 2.45 bits per heavy atom. The zero-order chi connectivity index (χ0) is 14.7. The van der Waals surface area contributed by atoms with Crippen LogP contribution >= 0.6 is 0 Å². The van der Waals surface area contributed by atoms with E-state index in [0.717, 1.165) is 11.6 Å². The molecule has 0 amide bonds. The van der Waals surface area contributed by atoms with Gasteiger partial charge in [0.25, 0.3) is 0 Å². The van der Waals surface area contributed by atoms with Crippen LogP contribution in [0.15, 0.2) is 42.5 Å². The van der Waals surface area contributed by atoms with Crippen molar-refractivity contribution in [1.29, 1.82) is 0 Å². The summed E-state index contributed by atoms with van der Waals surface area (Å²) in [6, 6.07) is 10.2. The van der Waals surface area contributed by atoms with Crippen molar-refractivity contribution in [3.8, 4) is 5.75 Å². The van der Waals surface area contributed by atoms with E-state index >= 15 is 0 Å². The number of aromatic carboxylic acids is 1. The molecule has 2 aromatic rings. The third kappa shape index (κ3) is 3.06. The molecule has 0 radical (unpaired) electrons. The van der Waals surface area contributed by atoms with Gasteiger partial charge >= 0.3 is 5.97 Å². The van der Waals surface area contributed by atoms with Gasteiger partial charge in [-0.05, 0) is 35.9 Å². The van der Waals surface area contributed by atoms with Gasteiger partial charge in [-0.15, -0.1) is 0 Å². The Morgan fingerprint density at radius 1 is 1.20 bits per heavy atom. The summed E-state index contributed by atoms with van der Waals surface area (Å²) >= 11 is 0. The minimum Gasteiger partial charge on any atom is -0.508 e. The summed E-state index contributed by atoms with van der Waals surface area (Å²) in [4.78, 5) is 12.5. The second kappa shape index (κ2) is 5.61. The first-order chi connectivity index (χ1) is 9.47. The fourth-order valence-corrected chi connectivity index (χ4v) is 1.90. The van der Waals surface area contributed by atoms with E-state index in [2.05, 4.69) is 0 Å². The van der Waals surface area contributed by atoms with Crippen molar-refractivity contribution in [3.05, 3.63) is 59.4 Å². The Labute approximate surface area is 115 Å². The normalized spacial score (nSPS) is 10.3. The number of phenolic OH excluding ortho intramolecular Hbond substituents is 1. The third-order valence-electron chi connectivity index (χ3n) is 2.96. The van der Waals surface area contributed by atoms with Crippen molar-refractivity contribution < 1.29 is 19.4 Å². The molecule has 0 saturated heterocycles. The molecule has 0 spiro atoms. The lowest BCUT2D eigenvalue weighted by Crippen LogP contribution is -2.18. The fourth-order valence-electron chi connectivity index (χ4n) is 1.90. The lowest BCUT2D eigenvalue weighted by atomic mass is 10.1. The minimum absolute atomic E-state index is 0.0407. The molecule has 20 heavy (non-hydrogen) atoms. The van der Waals surface area contributed by atoms with Crippen LogP contribution in [0.2, 0.25) is 0 Å². The number of carbonyl (C=O) groups is 1. The standard InChI is InChI=1S/C15H14FNO3/c1-17(9-10-2-5-12(18)6-3-10)14-8-11(15(19)20)4-7-13(14)16/h2-8,18H,9H2,1H3,(H,19,20). The number of anilines is 1. The number of carboxylic acids is 1. The second-order valence-electron chi connectivity index (χ2n) is 4.49. The predicted molar refractivity (Wildman–Crippen MR) is 73.6 cm³/mol. The van der Waals surface area contributed by atoms with Gasteiger partial charge in [-0.3, -0.25) is 0 Å². The molecule has 2 N–H and O–H groups in total. The van der Waals surface area contributed by atoms with Crippen molar-refractivity contribution >= 4 is 11.7 Å². The van der Waals surface area contributed by atoms with Crippen molar-refractivity contribution in [1.82, 2.24) is 0 Å². The van der Waals surface area contributed by atoms with Gasteiger partial charge in [0, 0.05) is 13.6 Å². The Bertz CT molecular complexity index is 626. The van der Waals surface area contributed by atoms with Crippen LogP contribution in [0.3, 0.4) is 0 Å². The Kier molecular flexibility index (Phi) is 3.89. The van der Waals surface area contributed by atoms with Gasteiger partial charge < -0.3 is 15.1 Å². The molecule has 0 bridgehead atoms. The quantitative estimate of drug-likeness (QED) is 0.900. The molecule has 0 aromatic heterocycles. The number of phenols is 1. The van der Waals surface area contributed by atoms with Crippen molar-refractivity contribution in [2.75, 3.05) is 11.9 Å². The number of carboxylic acid groups (broad SMARTS) is 1. The van der Waals surface area contributed by atoms with Crippen LogP contribution in [0, 0.1) is 5.82 Å². The summed E-state index contributed by atoms with van der Waals surface area (Å²) in [6.45, 7) is 0.403. The van der Waals surface area contributed by atoms with Crippen molar-refractivity contribution in [3.63, 3.8) is 0 Å². The van der Waals surface area contributed by atoms with Gasteiger partial charge in [-0.2, -0.15) is 0 Å². The molecule has 0 saturated carbocycles. The predicted octanol–water partition coefficient (Wildman–Crippen LogP) is 2.87. The van der Waals surface area contributed by atoms with E-state index in [9.17, 15) is 14.3 Å². The molecular formula is C15H14FNO3. The van der Waals surface area contributed by atoms with Crippen molar-refractivity contribution in [2.24, 2.45) is 0 Å². The van der Waals surface area contributed by atoms with Gasteiger partial charge in [-0.1, -0.05) is 12.1 Å². The number of benzene rings is 2. The third-order valence-corrected chi connectivity index (χ3v) is 2.96. The molecule has 0 aliphatic rings. The number of hydrogen-bond acceptors (Lipinski definition) is 3. The topological polar surface area (TPSA) is 60.8 Å². The molecular weight excluding hydrogens is 261 g/mol. The maximum absolute atomic E-state index is 13.8. The molecule has 0 aliphatic heterocycles. The van der Waals surface area contributed by atoms with E-state index < -0.39 is 11.8 Å². The molecule has 104 valence electrons. The van der Waals surface area contributed by atoms with E-state index in [1.165, 1.54) is 12.1 Å². The van der Waals surface area contributed by atoms with E-state index in [0.29, 0.717) is 6.54 Å². The van der Waals surface area contributed by atoms with Crippen LogP contribution in [0.5, 0.6) is 5.75 Å². The van der Waals surface area contributed by atoms with E-state index in [1.54, 1.807) is 36.2 Å². The van der Waals surface area contributed by atoms with Crippen LogP contribution in [0.1, 0.15) is 15.9 Å². The lowest BCUT2D eigenvalue weighted by molar-refractivity contribution is 0.0697. The van der Waals surface area contributed by atoms with Gasteiger partial charge in [0.2, 0.25) is 0 Å². The van der Waals surface area contributed by atoms with E-state index in [1.807, 2.05) is 0 Å². The molecule has 5 heteroatoms. The maximum Gasteiger partial charge on any atom is 0.335 e. The Hall–Kier alpha value is -2.56. The fraction of sp³-hybridized carbons (Fsp3) is 0.133. The zero-order valence-electron chi connectivity index (χ0n) is 10.9. The SMILES string of the molecule is CN(Cc1ccc(O)cc1)c1cc(C(=O)O)ccc1F. The smallest absolute Gasteiger partial charge is 0.335 e. The molecule has 0 unspecified atom stereocenters. The summed E-state index contributed by atoms with van der Waals surface area (Å²) < 4.78 is 13.8. The Balaban J connectivity index is 2.24. The Morgan fingerprint density at radius 2 is 1.85 bits per heavy atom. The average molecular weight is 275 g/mol. The number of aromatic hydroxyl groups is 1. The lowest BCUT2D eigenvalue weighted by Gasteiger charge is -2.20. The summed E-state index contributed by atoms with van der Waals surface area (Å²) in [6.07, 6.45) is 0. The second-order valence-corrected chi connectivity index (χ2v) is 4.49. The summed E-state index contributed by atoms with van der Waals surface area (Å²) in [7, 11) is 1.68. The number of nitrogens with zero attached hydrogens (tertiary/aromatic N) is 1. The van der Waals surface area contributed by atoms with Crippen LogP contribution < -0.4 is 4.90 Å². The number of rotatable bonds is 4. The maximum atomic E-state index is 13.8. The largest absolute Gasteiger partial charge is 0.508 e. The zero-order valence-corrected chi connectivity index (χ0v) is 10.9.